The lowest BCUT2D eigenvalue weighted by molar-refractivity contribution is -0.235. The van der Waals surface area contributed by atoms with Crippen molar-refractivity contribution in [1.82, 2.24) is 4.90 Å². The van der Waals surface area contributed by atoms with Crippen molar-refractivity contribution in [3.63, 3.8) is 0 Å². The second kappa shape index (κ2) is 23.5. The van der Waals surface area contributed by atoms with Crippen LogP contribution >= 0.6 is 0 Å². The van der Waals surface area contributed by atoms with Crippen molar-refractivity contribution >= 4 is 26.0 Å². The van der Waals surface area contributed by atoms with Gasteiger partial charge in [0.2, 0.25) is 8.32 Å². The largest absolute Gasteiger partial charge is 0.496 e. The highest BCUT2D eigenvalue weighted by atomic mass is 28.4. The first kappa shape index (κ1) is 49.5. The maximum atomic E-state index is 14.1. The Balaban J connectivity index is 1.29. The van der Waals surface area contributed by atoms with Crippen LogP contribution in [0.3, 0.4) is 0 Å². The highest BCUT2D eigenvalue weighted by molar-refractivity contribution is 6.77. The zero-order chi connectivity index (χ0) is 46.4. The summed E-state index contributed by atoms with van der Waals surface area (Å²) in [5, 5.41) is 0. The van der Waals surface area contributed by atoms with Crippen molar-refractivity contribution in [2.24, 2.45) is 0 Å². The smallest absolute Gasteiger partial charge is 0.410 e. The Morgan fingerprint density at radius 2 is 1.52 bits per heavy atom. The normalized spacial score (nSPS) is 17.6. The average Bonchev–Trinajstić information content (AvgIpc) is 3.31. The van der Waals surface area contributed by atoms with Gasteiger partial charge >= 0.3 is 6.09 Å². The Bertz CT molecular complexity index is 2090. The van der Waals surface area contributed by atoms with E-state index in [1.54, 1.807) is 24.0 Å². The summed E-state index contributed by atoms with van der Waals surface area (Å²) >= 11 is 0. The fourth-order valence-electron chi connectivity index (χ4n) is 9.59. The second-order valence-corrected chi connectivity index (χ2v) is 23.3. The zero-order valence-electron chi connectivity index (χ0n) is 39.7. The Hall–Kier alpha value is -4.92. The Kier molecular flexibility index (Phi) is 17.9. The molecule has 2 unspecified atom stereocenters. The van der Waals surface area contributed by atoms with E-state index in [0.717, 1.165) is 40.2 Å². The number of piperidine rings is 1. The van der Waals surface area contributed by atoms with E-state index in [4.69, 9.17) is 37.6 Å². The van der Waals surface area contributed by atoms with Crippen LogP contribution in [0.5, 0.6) is 17.2 Å². The number of hydrogen-bond acceptors (Lipinski definition) is 10. The fourth-order valence-corrected chi connectivity index (χ4v) is 15.2. The molecule has 0 saturated carbocycles. The van der Waals surface area contributed by atoms with Gasteiger partial charge in [-0.25, -0.2) is 4.79 Å². The Morgan fingerprint density at radius 1 is 0.800 bits per heavy atom. The Morgan fingerprint density at radius 3 is 2.23 bits per heavy atom. The van der Waals surface area contributed by atoms with Crippen LogP contribution in [-0.2, 0) is 48.0 Å². The highest BCUT2D eigenvalue weighted by Gasteiger charge is 2.56. The molecule has 0 radical (unpaired) electrons. The molecule has 12 nitrogen and oxygen atoms in total. The lowest BCUT2D eigenvalue weighted by Gasteiger charge is -2.54. The number of benzene rings is 4. The zero-order valence-corrected chi connectivity index (χ0v) is 40.7. The molecule has 352 valence electrons. The van der Waals surface area contributed by atoms with E-state index in [2.05, 4.69) is 53.7 Å². The Labute approximate surface area is 387 Å². The number of carbonyl (C=O) groups excluding carboxylic acids is 2. The molecule has 4 aromatic carbocycles. The number of fused-ring (bicyclic) bond motifs is 1. The van der Waals surface area contributed by atoms with Gasteiger partial charge in [0.1, 0.15) is 23.9 Å². The van der Waals surface area contributed by atoms with E-state index in [1.165, 1.54) is 0 Å². The van der Waals surface area contributed by atoms with Gasteiger partial charge in [-0.2, -0.15) is 0 Å². The van der Waals surface area contributed by atoms with E-state index in [9.17, 15) is 9.59 Å². The van der Waals surface area contributed by atoms with Crippen molar-refractivity contribution < 1.29 is 47.2 Å². The van der Waals surface area contributed by atoms with Crippen LogP contribution in [0.15, 0.2) is 97.1 Å². The number of likely N-dealkylation sites (tertiary alicyclic amines) is 1. The molecular weight excluding hydrogens is 841 g/mol. The minimum Gasteiger partial charge on any atom is -0.496 e. The molecule has 2 atom stereocenters. The lowest BCUT2D eigenvalue weighted by Crippen LogP contribution is -2.64. The maximum absolute atomic E-state index is 14.1. The summed E-state index contributed by atoms with van der Waals surface area (Å²) in [6.07, 6.45) is 1.57. The minimum absolute atomic E-state index is 0.0139. The molecule has 6 rings (SSSR count). The molecule has 1 fully saturated rings. The molecule has 0 spiro atoms. The van der Waals surface area contributed by atoms with E-state index in [0.29, 0.717) is 63.8 Å². The number of carbonyl (C=O) groups is 2. The van der Waals surface area contributed by atoms with Gasteiger partial charge in [0.05, 0.1) is 45.8 Å². The highest BCUT2D eigenvalue weighted by Crippen LogP contribution is 2.51. The summed E-state index contributed by atoms with van der Waals surface area (Å²) < 4.78 is 50.0. The van der Waals surface area contributed by atoms with Gasteiger partial charge < -0.3 is 47.4 Å². The monoisotopic (exact) mass is 910 g/mol. The molecule has 0 bridgehead atoms. The number of para-hydroxylation sites is 1. The van der Waals surface area contributed by atoms with E-state index >= 15 is 0 Å². The number of nitrogens with zero attached hydrogens (tertiary/aromatic N) is 2. The van der Waals surface area contributed by atoms with E-state index in [1.807, 2.05) is 84.9 Å². The summed E-state index contributed by atoms with van der Waals surface area (Å²) in [5.41, 5.74) is 5.19. The molecule has 0 N–H and O–H groups in total. The molecule has 0 aromatic heterocycles. The summed E-state index contributed by atoms with van der Waals surface area (Å²) in [4.78, 5) is 30.8. The first-order chi connectivity index (χ1) is 31.4. The summed E-state index contributed by atoms with van der Waals surface area (Å²) in [5.74, 6) is 0.591. The van der Waals surface area contributed by atoms with Crippen molar-refractivity contribution in [1.29, 1.82) is 0 Å². The average molecular weight is 911 g/mol. The van der Waals surface area contributed by atoms with Crippen LogP contribution in [-0.4, -0.2) is 91.3 Å². The van der Waals surface area contributed by atoms with Crippen molar-refractivity contribution in [3.05, 3.63) is 119 Å². The number of hydrogen-bond donors (Lipinski definition) is 0. The molecule has 2 heterocycles. The van der Waals surface area contributed by atoms with Gasteiger partial charge in [0, 0.05) is 44.7 Å². The number of anilines is 1. The standard InChI is InChI=1S/C52H70N2O10Si/c1-38(2)65(39(3)4,40(5)6)64-52(63-34-42-20-25-49-47(32-42)54(27-14-29-57-7)50(55)36-61-49)37-53(51(56)62-33-41-16-10-9-11-17-41)28-26-46(52)43-21-23-45(24-22-43)60-31-15-30-59-35-44-18-12-13-19-48(44)58-8/h9-13,16-25,32,38-40,46H,14-15,26-31,33-37H2,1-8H3. The molecule has 0 aliphatic carbocycles. The van der Waals surface area contributed by atoms with Crippen molar-refractivity contribution in [3.8, 4) is 17.2 Å². The van der Waals surface area contributed by atoms with Crippen LogP contribution in [0.4, 0.5) is 10.5 Å². The second-order valence-electron chi connectivity index (χ2n) is 17.9. The van der Waals surface area contributed by atoms with Gasteiger partial charge in [-0.3, -0.25) is 4.79 Å². The quantitative estimate of drug-likeness (QED) is 0.0405. The SMILES string of the molecule is COCCCN1C(=O)COc2ccc(COC3(O[Si](C(C)C)(C(C)C)C(C)C)CN(C(=O)OCc4ccccc4)CCC3c3ccc(OCCCOCc4ccccc4OC)cc3)cc21. The molecule has 65 heavy (non-hydrogen) atoms. The first-order valence-electron chi connectivity index (χ1n) is 23.2. The molecule has 4 aromatic rings. The summed E-state index contributed by atoms with van der Waals surface area (Å²) in [6, 6.07) is 31.7. The summed E-state index contributed by atoms with van der Waals surface area (Å²) in [6.45, 7) is 17.0. The van der Waals surface area contributed by atoms with E-state index < -0.39 is 20.2 Å². The molecule has 1 saturated heterocycles. The molecule has 2 amide bonds. The van der Waals surface area contributed by atoms with Crippen LogP contribution in [0.2, 0.25) is 16.6 Å². The predicted molar refractivity (Wildman–Crippen MR) is 255 cm³/mol. The summed E-state index contributed by atoms with van der Waals surface area (Å²) in [7, 11) is 0.629. The molecular formula is C52H70N2O10Si. The van der Waals surface area contributed by atoms with Crippen LogP contribution in [0.1, 0.15) is 89.0 Å². The number of ether oxygens (including phenoxy) is 7. The van der Waals surface area contributed by atoms with Crippen molar-refractivity contribution in [2.75, 3.05) is 65.2 Å². The first-order valence-corrected chi connectivity index (χ1v) is 25.3. The number of amides is 2. The van der Waals surface area contributed by atoms with Gasteiger partial charge in [-0.05, 0) is 76.5 Å². The van der Waals surface area contributed by atoms with Crippen LogP contribution in [0, 0.1) is 0 Å². The van der Waals surface area contributed by atoms with E-state index in [-0.39, 0.29) is 54.8 Å². The van der Waals surface area contributed by atoms with Crippen molar-refractivity contribution in [2.45, 2.75) is 109 Å². The maximum Gasteiger partial charge on any atom is 0.410 e. The topological polar surface area (TPSA) is 114 Å². The van der Waals surface area contributed by atoms with Crippen LogP contribution in [0.25, 0.3) is 0 Å². The third-order valence-electron chi connectivity index (χ3n) is 12.8. The fraction of sp³-hybridized carbons (Fsp3) is 0.500. The molecule has 2 aliphatic heterocycles. The minimum atomic E-state index is -2.70. The lowest BCUT2D eigenvalue weighted by atomic mass is 9.84. The van der Waals surface area contributed by atoms with Crippen LogP contribution < -0.4 is 19.1 Å². The molecule has 13 heteroatoms. The van der Waals surface area contributed by atoms with Gasteiger partial charge in [0.15, 0.2) is 12.4 Å². The van der Waals surface area contributed by atoms with Gasteiger partial charge in [-0.1, -0.05) is 108 Å². The molecule has 2 aliphatic rings. The van der Waals surface area contributed by atoms with Gasteiger partial charge in [-0.15, -0.1) is 0 Å². The third kappa shape index (κ3) is 12.3. The predicted octanol–water partition coefficient (Wildman–Crippen LogP) is 10.7. The van der Waals surface area contributed by atoms with Gasteiger partial charge in [0.25, 0.3) is 5.91 Å². The number of methoxy groups -OCH3 is 2. The number of rotatable bonds is 23. The third-order valence-corrected chi connectivity index (χ3v) is 18.9.